The van der Waals surface area contributed by atoms with Gasteiger partial charge >= 0.3 is 5.97 Å². The largest absolute Gasteiger partial charge is 0.477 e. The van der Waals surface area contributed by atoms with Crippen molar-refractivity contribution in [3.63, 3.8) is 0 Å². The first-order valence-corrected chi connectivity index (χ1v) is 8.99. The Morgan fingerprint density at radius 3 is 2.67 bits per heavy atom. The van der Waals surface area contributed by atoms with Gasteiger partial charge in [0.25, 0.3) is 0 Å². The number of hydrogen-bond donors (Lipinski definition) is 1. The van der Waals surface area contributed by atoms with Gasteiger partial charge in [0.2, 0.25) is 0 Å². The van der Waals surface area contributed by atoms with Gasteiger partial charge in [-0.1, -0.05) is 41.7 Å². The fourth-order valence-corrected chi connectivity index (χ4v) is 3.96. The van der Waals surface area contributed by atoms with Crippen LogP contribution in [0.25, 0.3) is 10.8 Å². The Morgan fingerprint density at radius 1 is 1.25 bits per heavy atom. The normalized spacial score (nSPS) is 15.1. The Hall–Kier alpha value is -2.40. The Balaban J connectivity index is 1.92. The number of hydrogen-bond acceptors (Lipinski definition) is 3. The van der Waals surface area contributed by atoms with E-state index in [2.05, 4.69) is 30.3 Å². The lowest BCUT2D eigenvalue weighted by molar-refractivity contribution is 0.0701. The number of aromatic carboxylic acids is 1. The van der Waals surface area contributed by atoms with Gasteiger partial charge in [0.1, 0.15) is 4.88 Å². The van der Waals surface area contributed by atoms with E-state index in [0.29, 0.717) is 17.3 Å². The van der Waals surface area contributed by atoms with E-state index in [0.717, 1.165) is 15.9 Å². The molecule has 0 unspecified atom stereocenters. The topological polar surface area (TPSA) is 54.6 Å². The monoisotopic (exact) mass is 338 g/mol. The summed E-state index contributed by atoms with van der Waals surface area (Å²) >= 11 is 1.22. The van der Waals surface area contributed by atoms with Crippen LogP contribution in [0.4, 0.5) is 5.69 Å². The summed E-state index contributed by atoms with van der Waals surface area (Å²) in [5.74, 6) is -0.220. The zero-order valence-electron chi connectivity index (χ0n) is 13.4. The fourth-order valence-electron chi connectivity index (χ4n) is 3.05. The molecule has 1 aliphatic carbocycles. The minimum absolute atomic E-state index is 0.314. The highest BCUT2D eigenvalue weighted by molar-refractivity contribution is 7.11. The number of nitrogens with zero attached hydrogens (tertiary/aromatic N) is 2. The maximum Gasteiger partial charge on any atom is 0.347 e. The Morgan fingerprint density at radius 2 is 2.00 bits per heavy atom. The second-order valence-corrected chi connectivity index (χ2v) is 7.08. The zero-order chi connectivity index (χ0) is 16.7. The number of benzene rings is 2. The fraction of sp³-hybridized carbons (Fsp3) is 0.263. The zero-order valence-corrected chi connectivity index (χ0v) is 14.2. The number of fused-ring (bicyclic) bond motifs is 1. The van der Waals surface area contributed by atoms with Crippen molar-refractivity contribution in [1.82, 2.24) is 4.57 Å². The number of aryl methyl sites for hydroxylation is 1. The average Bonchev–Trinajstić information content (AvgIpc) is 3.35. The first-order chi connectivity index (χ1) is 11.7. The third-order valence-electron chi connectivity index (χ3n) is 4.44. The van der Waals surface area contributed by atoms with Crippen molar-refractivity contribution in [2.24, 2.45) is 4.99 Å². The first-order valence-electron chi connectivity index (χ1n) is 8.17. The summed E-state index contributed by atoms with van der Waals surface area (Å²) in [5.41, 5.74) is 2.31. The highest BCUT2D eigenvalue weighted by atomic mass is 32.1. The van der Waals surface area contributed by atoms with Crippen molar-refractivity contribution < 1.29 is 9.90 Å². The lowest BCUT2D eigenvalue weighted by Crippen LogP contribution is -2.11. The van der Waals surface area contributed by atoms with Crippen LogP contribution in [0, 0.1) is 0 Å². The van der Waals surface area contributed by atoms with E-state index < -0.39 is 5.97 Å². The molecule has 3 aromatic rings. The summed E-state index contributed by atoms with van der Waals surface area (Å²) < 4.78 is 1.89. The Labute approximate surface area is 143 Å². The molecule has 0 spiro atoms. The standard InChI is InChI=1S/C19H18N2O2S/c1-2-21-11-17(18(22)23)24-19(21)20-16-10-9-13(12-7-8-12)14-5-3-4-6-15(14)16/h3-6,9-12H,2,7-8H2,1H3,(H,22,23)/b20-19-. The highest BCUT2D eigenvalue weighted by Crippen LogP contribution is 2.44. The maximum atomic E-state index is 11.2. The molecule has 1 aliphatic rings. The molecule has 0 aliphatic heterocycles. The van der Waals surface area contributed by atoms with Gasteiger partial charge in [-0.05, 0) is 42.7 Å². The second kappa shape index (κ2) is 5.91. The molecule has 5 heteroatoms. The molecule has 0 bridgehead atoms. The molecular weight excluding hydrogens is 320 g/mol. The molecule has 122 valence electrons. The van der Waals surface area contributed by atoms with Gasteiger partial charge < -0.3 is 9.67 Å². The van der Waals surface area contributed by atoms with E-state index in [1.165, 1.54) is 35.1 Å². The van der Waals surface area contributed by atoms with E-state index in [-0.39, 0.29) is 0 Å². The third kappa shape index (κ3) is 2.65. The SMILES string of the molecule is CCn1cc(C(=O)O)s/c1=N\c1ccc(C2CC2)c2ccccc12. The van der Waals surface area contributed by atoms with E-state index in [9.17, 15) is 9.90 Å². The van der Waals surface area contributed by atoms with Crippen molar-refractivity contribution in [3.8, 4) is 0 Å². The number of thiazole rings is 1. The molecule has 0 atom stereocenters. The second-order valence-electron chi connectivity index (χ2n) is 6.07. The van der Waals surface area contributed by atoms with E-state index in [1.54, 1.807) is 6.20 Å². The Kier molecular flexibility index (Phi) is 3.73. The summed E-state index contributed by atoms with van der Waals surface area (Å²) in [7, 11) is 0. The van der Waals surface area contributed by atoms with Crippen LogP contribution in [0.5, 0.6) is 0 Å². The molecule has 24 heavy (non-hydrogen) atoms. The molecule has 0 radical (unpaired) electrons. The third-order valence-corrected chi connectivity index (χ3v) is 5.45. The van der Waals surface area contributed by atoms with Crippen LogP contribution in [0.2, 0.25) is 0 Å². The number of carboxylic acid groups (broad SMARTS) is 1. The summed E-state index contributed by atoms with van der Waals surface area (Å²) in [5, 5.41) is 11.6. The molecule has 1 heterocycles. The number of carbonyl (C=O) groups is 1. The van der Waals surface area contributed by atoms with Crippen LogP contribution in [-0.2, 0) is 6.54 Å². The predicted octanol–water partition coefficient (Wildman–Crippen LogP) is 4.53. The molecule has 1 aromatic heterocycles. The molecule has 1 fully saturated rings. The smallest absolute Gasteiger partial charge is 0.347 e. The molecule has 0 saturated heterocycles. The van der Waals surface area contributed by atoms with Gasteiger partial charge in [0.15, 0.2) is 4.80 Å². The summed E-state index contributed by atoms with van der Waals surface area (Å²) in [6.07, 6.45) is 4.19. The number of aromatic nitrogens is 1. The molecule has 0 amide bonds. The quantitative estimate of drug-likeness (QED) is 0.760. The number of rotatable bonds is 4. The van der Waals surface area contributed by atoms with Crippen molar-refractivity contribution in [2.75, 3.05) is 0 Å². The van der Waals surface area contributed by atoms with Gasteiger partial charge in [-0.2, -0.15) is 0 Å². The van der Waals surface area contributed by atoms with E-state index in [4.69, 9.17) is 4.99 Å². The van der Waals surface area contributed by atoms with Gasteiger partial charge in [0.05, 0.1) is 5.69 Å². The van der Waals surface area contributed by atoms with E-state index >= 15 is 0 Å². The van der Waals surface area contributed by atoms with Gasteiger partial charge in [-0.25, -0.2) is 9.79 Å². The van der Waals surface area contributed by atoms with Crippen molar-refractivity contribution in [1.29, 1.82) is 0 Å². The maximum absolute atomic E-state index is 11.2. The van der Waals surface area contributed by atoms with E-state index in [1.807, 2.05) is 17.6 Å². The minimum Gasteiger partial charge on any atom is -0.477 e. The van der Waals surface area contributed by atoms with Crippen LogP contribution in [0.3, 0.4) is 0 Å². The van der Waals surface area contributed by atoms with Crippen molar-refractivity contribution >= 4 is 33.8 Å². The van der Waals surface area contributed by atoms with Crippen LogP contribution in [0.15, 0.2) is 47.6 Å². The summed E-state index contributed by atoms with van der Waals surface area (Å²) in [6.45, 7) is 2.69. The average molecular weight is 338 g/mol. The minimum atomic E-state index is -0.905. The van der Waals surface area contributed by atoms with Crippen molar-refractivity contribution in [3.05, 3.63) is 57.8 Å². The first kappa shape index (κ1) is 15.1. The lowest BCUT2D eigenvalue weighted by atomic mass is 10.00. The van der Waals surface area contributed by atoms with Gasteiger partial charge in [0, 0.05) is 18.1 Å². The Bertz CT molecular complexity index is 996. The lowest BCUT2D eigenvalue weighted by Gasteiger charge is -2.08. The molecule has 4 nitrogen and oxygen atoms in total. The van der Waals surface area contributed by atoms with Crippen molar-refractivity contribution in [2.45, 2.75) is 32.2 Å². The predicted molar refractivity (Wildman–Crippen MR) is 96.1 cm³/mol. The van der Waals surface area contributed by atoms with Crippen LogP contribution < -0.4 is 4.80 Å². The highest BCUT2D eigenvalue weighted by Gasteiger charge is 2.25. The van der Waals surface area contributed by atoms with Crippen LogP contribution >= 0.6 is 11.3 Å². The summed E-state index contributed by atoms with van der Waals surface area (Å²) in [4.78, 5) is 17.0. The molecule has 1 saturated carbocycles. The van der Waals surface area contributed by atoms with Crippen LogP contribution in [-0.4, -0.2) is 15.6 Å². The number of carboxylic acids is 1. The molecule has 1 N–H and O–H groups in total. The van der Waals surface area contributed by atoms with Gasteiger partial charge in [-0.3, -0.25) is 0 Å². The van der Waals surface area contributed by atoms with Crippen LogP contribution in [0.1, 0.15) is 40.9 Å². The summed E-state index contributed by atoms with van der Waals surface area (Å²) in [6, 6.07) is 12.6. The van der Waals surface area contributed by atoms with Gasteiger partial charge in [-0.15, -0.1) is 0 Å². The molecular formula is C19H18N2O2S. The molecule has 4 rings (SSSR count). The molecule has 2 aromatic carbocycles.